The number of hydrogen-bond acceptors (Lipinski definition) is 4. The van der Waals surface area contributed by atoms with E-state index in [1.54, 1.807) is 0 Å². The summed E-state index contributed by atoms with van der Waals surface area (Å²) in [7, 11) is 0. The number of rotatable bonds is 3. The van der Waals surface area contributed by atoms with Crippen LogP contribution < -0.4 is 10.9 Å². The Morgan fingerprint density at radius 2 is 2.17 bits per heavy atom. The summed E-state index contributed by atoms with van der Waals surface area (Å²) in [6.07, 6.45) is 0.462. The molecule has 12 heavy (non-hydrogen) atoms. The monoisotopic (exact) mass is 206 g/mol. The molecule has 2 N–H and O–H groups in total. The standard InChI is InChI=1S/C5H4Cl2N4O/c6-3-1-4(11-8-2-12)10-5(7)9-3/h1-2H,(H,8,12)(H,9,10,11). The fraction of sp³-hybridized carbons (Fsp3) is 0. The molecule has 0 aromatic carbocycles. The maximum absolute atomic E-state index is 9.87. The minimum Gasteiger partial charge on any atom is -0.282 e. The Balaban J connectivity index is 2.78. The summed E-state index contributed by atoms with van der Waals surface area (Å²) in [5.41, 5.74) is 4.62. The van der Waals surface area contributed by atoms with E-state index in [9.17, 15) is 4.79 Å². The number of aromatic nitrogens is 2. The largest absolute Gasteiger partial charge is 0.282 e. The van der Waals surface area contributed by atoms with Crippen LogP contribution in [-0.2, 0) is 4.79 Å². The van der Waals surface area contributed by atoms with Crippen molar-refractivity contribution in [3.63, 3.8) is 0 Å². The predicted molar refractivity (Wildman–Crippen MR) is 44.9 cm³/mol. The highest BCUT2D eigenvalue weighted by atomic mass is 35.5. The maximum Gasteiger partial charge on any atom is 0.225 e. The van der Waals surface area contributed by atoms with Gasteiger partial charge >= 0.3 is 0 Å². The van der Waals surface area contributed by atoms with Crippen molar-refractivity contribution in [1.82, 2.24) is 15.4 Å². The van der Waals surface area contributed by atoms with Crippen LogP contribution in [0.15, 0.2) is 6.07 Å². The topological polar surface area (TPSA) is 66.9 Å². The van der Waals surface area contributed by atoms with Gasteiger partial charge < -0.3 is 0 Å². The zero-order valence-corrected chi connectivity index (χ0v) is 7.23. The van der Waals surface area contributed by atoms with E-state index in [1.807, 2.05) is 0 Å². The predicted octanol–water partition coefficient (Wildman–Crippen LogP) is 0.856. The van der Waals surface area contributed by atoms with Crippen LogP contribution in [0.1, 0.15) is 0 Å². The molecule has 0 spiro atoms. The Morgan fingerprint density at radius 1 is 1.42 bits per heavy atom. The van der Waals surface area contributed by atoms with Crippen LogP contribution in [-0.4, -0.2) is 16.4 Å². The lowest BCUT2D eigenvalue weighted by molar-refractivity contribution is -0.109. The maximum atomic E-state index is 9.87. The number of nitrogens with zero attached hydrogens (tertiary/aromatic N) is 2. The van der Waals surface area contributed by atoms with Gasteiger partial charge in [-0.15, -0.1) is 0 Å². The number of hydrazine groups is 1. The molecule has 1 aromatic rings. The molecule has 0 atom stereocenters. The van der Waals surface area contributed by atoms with Gasteiger partial charge in [0.15, 0.2) is 5.82 Å². The molecule has 7 heteroatoms. The zero-order chi connectivity index (χ0) is 8.97. The molecule has 0 saturated carbocycles. The van der Waals surface area contributed by atoms with Gasteiger partial charge in [-0.1, -0.05) is 11.6 Å². The summed E-state index contributed by atoms with van der Waals surface area (Å²) < 4.78 is 0. The van der Waals surface area contributed by atoms with Gasteiger partial charge in [0.1, 0.15) is 5.15 Å². The van der Waals surface area contributed by atoms with E-state index < -0.39 is 0 Å². The third-order valence-electron chi connectivity index (χ3n) is 0.927. The number of nitrogens with one attached hydrogen (secondary N) is 2. The first-order valence-corrected chi connectivity index (χ1v) is 3.63. The molecule has 0 bridgehead atoms. The highest BCUT2D eigenvalue weighted by Gasteiger charge is 1.98. The summed E-state index contributed by atoms with van der Waals surface area (Å²) >= 11 is 11.0. The highest BCUT2D eigenvalue weighted by molar-refractivity contribution is 6.32. The minimum absolute atomic E-state index is 0.0118. The smallest absolute Gasteiger partial charge is 0.225 e. The normalized spacial score (nSPS) is 9.17. The molecule has 1 rings (SSSR count). The van der Waals surface area contributed by atoms with Crippen LogP contribution in [0.4, 0.5) is 5.82 Å². The fourth-order valence-corrected chi connectivity index (χ4v) is 0.966. The van der Waals surface area contributed by atoms with E-state index in [0.29, 0.717) is 12.2 Å². The minimum atomic E-state index is 0.0118. The molecule has 0 unspecified atom stereocenters. The number of hydrogen-bond donors (Lipinski definition) is 2. The molecule has 64 valence electrons. The van der Waals surface area contributed by atoms with Crippen LogP contribution >= 0.6 is 23.2 Å². The van der Waals surface area contributed by atoms with Crippen molar-refractivity contribution in [3.05, 3.63) is 16.5 Å². The SMILES string of the molecule is O=CNNc1cc(Cl)nc(Cl)n1. The highest BCUT2D eigenvalue weighted by Crippen LogP contribution is 2.13. The van der Waals surface area contributed by atoms with Crippen molar-refractivity contribution in [2.45, 2.75) is 0 Å². The lowest BCUT2D eigenvalue weighted by Crippen LogP contribution is -2.19. The van der Waals surface area contributed by atoms with Crippen LogP contribution in [0.5, 0.6) is 0 Å². The number of carbonyl (C=O) groups excluding carboxylic acids is 1. The van der Waals surface area contributed by atoms with Gasteiger partial charge in [0, 0.05) is 6.07 Å². The Morgan fingerprint density at radius 3 is 2.75 bits per heavy atom. The Bertz CT molecular complexity index is 273. The van der Waals surface area contributed by atoms with Crippen LogP contribution in [0, 0.1) is 0 Å². The molecule has 0 aliphatic carbocycles. The quantitative estimate of drug-likeness (QED) is 0.333. The first kappa shape index (κ1) is 9.02. The second kappa shape index (κ2) is 4.08. The molecular weight excluding hydrogens is 203 g/mol. The molecule has 0 fully saturated rings. The van der Waals surface area contributed by atoms with Gasteiger partial charge in [-0.05, 0) is 11.6 Å². The second-order valence-electron chi connectivity index (χ2n) is 1.73. The van der Waals surface area contributed by atoms with Crippen LogP contribution in [0.2, 0.25) is 10.4 Å². The Labute approximate surface area is 78.1 Å². The van der Waals surface area contributed by atoms with Crippen LogP contribution in [0.25, 0.3) is 0 Å². The molecule has 0 aliphatic rings. The van der Waals surface area contributed by atoms with Crippen molar-refractivity contribution in [1.29, 1.82) is 0 Å². The molecule has 0 saturated heterocycles. The summed E-state index contributed by atoms with van der Waals surface area (Å²) in [6.45, 7) is 0. The van der Waals surface area contributed by atoms with Crippen molar-refractivity contribution in [2.75, 3.05) is 5.43 Å². The number of anilines is 1. The van der Waals surface area contributed by atoms with Gasteiger partial charge in [-0.3, -0.25) is 15.6 Å². The first-order chi connectivity index (χ1) is 5.72. The summed E-state index contributed by atoms with van der Waals surface area (Å²) in [4.78, 5) is 17.2. The molecule has 5 nitrogen and oxygen atoms in total. The lowest BCUT2D eigenvalue weighted by atomic mass is 10.6. The summed E-state index contributed by atoms with van der Waals surface area (Å²) in [5, 5.41) is 0.211. The second-order valence-corrected chi connectivity index (χ2v) is 2.46. The average molecular weight is 207 g/mol. The van der Waals surface area contributed by atoms with E-state index in [1.165, 1.54) is 6.07 Å². The van der Waals surface area contributed by atoms with Crippen molar-refractivity contribution in [3.8, 4) is 0 Å². The van der Waals surface area contributed by atoms with Crippen molar-refractivity contribution < 1.29 is 4.79 Å². The van der Waals surface area contributed by atoms with Crippen molar-refractivity contribution >= 4 is 35.4 Å². The van der Waals surface area contributed by atoms with Gasteiger partial charge in [0.25, 0.3) is 0 Å². The van der Waals surface area contributed by atoms with Crippen LogP contribution in [0.3, 0.4) is 0 Å². The molecular formula is C5H4Cl2N4O. The van der Waals surface area contributed by atoms with Gasteiger partial charge in [-0.25, -0.2) is 4.98 Å². The molecule has 0 radical (unpaired) electrons. The van der Waals surface area contributed by atoms with Gasteiger partial charge in [-0.2, -0.15) is 4.98 Å². The number of carbonyl (C=O) groups is 1. The Hall–Kier alpha value is -1.07. The average Bonchev–Trinajstić information content (AvgIpc) is 1.99. The Kier molecular flexibility index (Phi) is 3.07. The van der Waals surface area contributed by atoms with Gasteiger partial charge in [0.2, 0.25) is 11.7 Å². The summed E-state index contributed by atoms with van der Waals surface area (Å²) in [5.74, 6) is 0.326. The van der Waals surface area contributed by atoms with E-state index in [-0.39, 0.29) is 10.4 Å². The third-order valence-corrected chi connectivity index (χ3v) is 1.29. The molecule has 1 aromatic heterocycles. The van der Waals surface area contributed by atoms with E-state index in [2.05, 4.69) is 20.8 Å². The molecule has 1 heterocycles. The van der Waals surface area contributed by atoms with E-state index in [4.69, 9.17) is 23.2 Å². The first-order valence-electron chi connectivity index (χ1n) is 2.87. The van der Waals surface area contributed by atoms with E-state index >= 15 is 0 Å². The molecule has 1 amide bonds. The fourth-order valence-electron chi connectivity index (χ4n) is 0.557. The zero-order valence-electron chi connectivity index (χ0n) is 5.71. The number of halogens is 2. The lowest BCUT2D eigenvalue weighted by Gasteiger charge is -2.02. The van der Waals surface area contributed by atoms with Crippen molar-refractivity contribution in [2.24, 2.45) is 0 Å². The number of amides is 1. The van der Waals surface area contributed by atoms with Gasteiger partial charge in [0.05, 0.1) is 0 Å². The third kappa shape index (κ3) is 2.52. The molecule has 0 aliphatic heterocycles. The van der Waals surface area contributed by atoms with E-state index in [0.717, 1.165) is 0 Å². The summed E-state index contributed by atoms with van der Waals surface area (Å²) in [6, 6.07) is 1.42.